The summed E-state index contributed by atoms with van der Waals surface area (Å²) in [5, 5.41) is 32.0. The van der Waals surface area contributed by atoms with Crippen molar-refractivity contribution in [3.63, 3.8) is 0 Å². The lowest BCUT2D eigenvalue weighted by molar-refractivity contribution is -0.172. The Morgan fingerprint density at radius 3 is 2.83 bits per heavy atom. The highest BCUT2D eigenvalue weighted by molar-refractivity contribution is 5.94. The quantitative estimate of drug-likeness (QED) is 0.161. The zero-order valence-electron chi connectivity index (χ0n) is 25.4. The monoisotopic (exact) mass is 632 g/mol. The van der Waals surface area contributed by atoms with Gasteiger partial charge in [-0.25, -0.2) is 18.9 Å². The van der Waals surface area contributed by atoms with E-state index in [0.29, 0.717) is 54.2 Å². The smallest absolute Gasteiger partial charge is 0.343 e. The number of hydrogen-bond donors (Lipinski definition) is 3. The fraction of sp³-hybridized carbons (Fsp3) is 0.438. The zero-order valence-corrected chi connectivity index (χ0v) is 25.4. The third kappa shape index (κ3) is 4.70. The zero-order chi connectivity index (χ0) is 32.3. The van der Waals surface area contributed by atoms with E-state index in [1.54, 1.807) is 35.4 Å². The maximum Gasteiger partial charge on any atom is 0.343 e. The predicted molar refractivity (Wildman–Crippen MR) is 160 cm³/mol. The molecule has 13 nitrogen and oxygen atoms in total. The average molecular weight is 633 g/mol. The Bertz CT molecular complexity index is 1990. The van der Waals surface area contributed by atoms with Gasteiger partial charge in [-0.2, -0.15) is 0 Å². The van der Waals surface area contributed by atoms with Crippen LogP contribution in [-0.4, -0.2) is 59.8 Å². The molecule has 1 amide bonds. The van der Waals surface area contributed by atoms with Crippen molar-refractivity contribution < 1.29 is 33.7 Å². The SMILES string of the molecule is CC[C@@]1(O)C(=O)OCc2c1cc1n(c2=O)Cc2c-1nc1cc(F)c(C)c3c1c2[C@@H](NC(=O)CCOCCn1cc(CO)nn1)CC3. The lowest BCUT2D eigenvalue weighted by Gasteiger charge is -2.31. The number of nitrogens with zero attached hydrogens (tertiary/aromatic N) is 5. The summed E-state index contributed by atoms with van der Waals surface area (Å²) in [5.41, 5.74) is 2.68. The minimum absolute atomic E-state index is 0.0156. The Kier molecular flexibility index (Phi) is 7.45. The molecule has 4 aromatic rings. The molecule has 7 rings (SSSR count). The van der Waals surface area contributed by atoms with Crippen molar-refractivity contribution in [3.8, 4) is 11.4 Å². The lowest BCUT2D eigenvalue weighted by Crippen LogP contribution is -2.44. The van der Waals surface area contributed by atoms with Gasteiger partial charge in [0.05, 0.1) is 67.6 Å². The van der Waals surface area contributed by atoms with Gasteiger partial charge in [0.15, 0.2) is 5.60 Å². The van der Waals surface area contributed by atoms with E-state index in [1.165, 1.54) is 6.07 Å². The molecule has 3 aliphatic rings. The fourth-order valence-corrected chi connectivity index (χ4v) is 6.91. The number of fused-ring (bicyclic) bond motifs is 5. The molecule has 3 aromatic heterocycles. The van der Waals surface area contributed by atoms with Crippen molar-refractivity contribution >= 4 is 22.8 Å². The third-order valence-corrected chi connectivity index (χ3v) is 9.40. The van der Waals surface area contributed by atoms with Gasteiger partial charge in [-0.1, -0.05) is 12.1 Å². The van der Waals surface area contributed by atoms with E-state index in [1.807, 2.05) is 0 Å². The van der Waals surface area contributed by atoms with Gasteiger partial charge in [-0.05, 0) is 48.9 Å². The molecule has 1 aromatic carbocycles. The molecule has 14 heteroatoms. The van der Waals surface area contributed by atoms with Crippen molar-refractivity contribution in [3.05, 3.63) is 73.6 Å². The second kappa shape index (κ2) is 11.4. The van der Waals surface area contributed by atoms with Crippen LogP contribution in [0.25, 0.3) is 22.3 Å². The summed E-state index contributed by atoms with van der Waals surface area (Å²) < 4.78 is 29.1. The standard InChI is InChI=1S/C32H33FN6O7/c1-3-32(44)21-10-25-29-19(13-39(25)30(42)20(21)15-46-31(32)43)28-23(5-4-18-16(2)22(33)11-24(35-29)27(18)28)34-26(41)6-8-45-9-7-38-12-17(14-40)36-37-38/h10-12,23,40,44H,3-9,13-15H2,1-2H3,(H,34,41)/t23-,32-/m0/s1. The van der Waals surface area contributed by atoms with Gasteiger partial charge in [0.25, 0.3) is 5.56 Å². The summed E-state index contributed by atoms with van der Waals surface area (Å²) >= 11 is 0. The number of cyclic esters (lactones) is 1. The molecule has 0 saturated carbocycles. The summed E-state index contributed by atoms with van der Waals surface area (Å²) in [6.45, 7) is 4.01. The van der Waals surface area contributed by atoms with Gasteiger partial charge in [-0.15, -0.1) is 5.10 Å². The van der Waals surface area contributed by atoms with E-state index >= 15 is 4.39 Å². The van der Waals surface area contributed by atoms with Gasteiger partial charge in [-0.3, -0.25) is 9.59 Å². The van der Waals surface area contributed by atoms with E-state index in [4.69, 9.17) is 19.6 Å². The molecule has 1 aliphatic carbocycles. The second-order valence-corrected chi connectivity index (χ2v) is 12.0. The molecule has 0 bridgehead atoms. The first kappa shape index (κ1) is 30.1. The number of hydrogen-bond acceptors (Lipinski definition) is 10. The Morgan fingerprint density at radius 2 is 2.07 bits per heavy atom. The number of carbonyl (C=O) groups excluding carboxylic acids is 2. The number of aromatic nitrogens is 5. The van der Waals surface area contributed by atoms with Crippen LogP contribution in [0.5, 0.6) is 0 Å². The molecule has 46 heavy (non-hydrogen) atoms. The van der Waals surface area contributed by atoms with Crippen LogP contribution in [0.4, 0.5) is 4.39 Å². The minimum Gasteiger partial charge on any atom is -0.458 e. The van der Waals surface area contributed by atoms with E-state index in [0.717, 1.165) is 22.1 Å². The number of aliphatic hydroxyl groups excluding tert-OH is 1. The summed E-state index contributed by atoms with van der Waals surface area (Å²) in [4.78, 5) is 44.4. The van der Waals surface area contributed by atoms with Crippen LogP contribution in [0.2, 0.25) is 0 Å². The van der Waals surface area contributed by atoms with Gasteiger partial charge in [0.2, 0.25) is 5.91 Å². The molecular weight excluding hydrogens is 599 g/mol. The third-order valence-electron chi connectivity index (χ3n) is 9.40. The molecule has 0 unspecified atom stereocenters. The first-order chi connectivity index (χ1) is 22.1. The normalized spacial score (nSPS) is 19.5. The van der Waals surface area contributed by atoms with Crippen LogP contribution in [0, 0.1) is 12.7 Å². The van der Waals surface area contributed by atoms with E-state index < -0.39 is 23.2 Å². The van der Waals surface area contributed by atoms with Crippen LogP contribution >= 0.6 is 0 Å². The number of rotatable bonds is 9. The molecule has 0 fully saturated rings. The Hall–Kier alpha value is -4.53. The number of aryl methyl sites for hydroxylation is 1. The van der Waals surface area contributed by atoms with Gasteiger partial charge in [0.1, 0.15) is 18.1 Å². The molecule has 0 saturated heterocycles. The van der Waals surface area contributed by atoms with E-state index in [9.17, 15) is 19.5 Å². The van der Waals surface area contributed by atoms with Crippen molar-refractivity contribution in [2.24, 2.45) is 0 Å². The number of benzene rings is 1. The van der Waals surface area contributed by atoms with Gasteiger partial charge >= 0.3 is 5.97 Å². The van der Waals surface area contributed by atoms with Gasteiger partial charge in [0, 0.05) is 29.0 Å². The summed E-state index contributed by atoms with van der Waals surface area (Å²) in [7, 11) is 0. The first-order valence-corrected chi connectivity index (χ1v) is 15.3. The molecule has 0 radical (unpaired) electrons. The Labute approximate surface area is 262 Å². The lowest BCUT2D eigenvalue weighted by atomic mass is 9.81. The summed E-state index contributed by atoms with van der Waals surface area (Å²) in [6, 6.07) is 2.59. The first-order valence-electron chi connectivity index (χ1n) is 15.3. The number of esters is 1. The topological polar surface area (TPSA) is 171 Å². The predicted octanol–water partition coefficient (Wildman–Crippen LogP) is 1.82. The van der Waals surface area contributed by atoms with Crippen LogP contribution in [-0.2, 0) is 57.4 Å². The number of aliphatic hydroxyl groups is 2. The maximum absolute atomic E-state index is 15.1. The number of halogens is 1. The molecule has 240 valence electrons. The number of ether oxygens (including phenoxy) is 2. The van der Waals surface area contributed by atoms with Crippen molar-refractivity contribution in [1.82, 2.24) is 29.9 Å². The Balaban J connectivity index is 1.21. The highest BCUT2D eigenvalue weighted by Gasteiger charge is 2.46. The molecule has 0 spiro atoms. The van der Waals surface area contributed by atoms with Crippen LogP contribution < -0.4 is 10.9 Å². The number of pyridine rings is 2. The molecule has 2 atom stereocenters. The van der Waals surface area contributed by atoms with Crippen LogP contribution in [0.15, 0.2) is 23.1 Å². The molecular formula is C32H33FN6O7. The largest absolute Gasteiger partial charge is 0.458 e. The number of carbonyl (C=O) groups is 2. The molecule has 3 N–H and O–H groups in total. The highest BCUT2D eigenvalue weighted by Crippen LogP contribution is 2.45. The van der Waals surface area contributed by atoms with Gasteiger partial charge < -0.3 is 29.6 Å². The van der Waals surface area contributed by atoms with Crippen molar-refractivity contribution in [1.29, 1.82) is 0 Å². The summed E-state index contributed by atoms with van der Waals surface area (Å²) in [6.07, 6.45) is 2.80. The maximum atomic E-state index is 15.1. The minimum atomic E-state index is -1.97. The highest BCUT2D eigenvalue weighted by atomic mass is 19.1. The number of amides is 1. The van der Waals surface area contributed by atoms with E-state index in [2.05, 4.69) is 15.6 Å². The van der Waals surface area contributed by atoms with Crippen molar-refractivity contribution in [2.75, 3.05) is 13.2 Å². The average Bonchev–Trinajstić information content (AvgIpc) is 3.67. The number of nitrogens with one attached hydrogen (secondary N) is 1. The van der Waals surface area contributed by atoms with Crippen LogP contribution in [0.3, 0.4) is 0 Å². The van der Waals surface area contributed by atoms with Crippen LogP contribution in [0.1, 0.15) is 71.3 Å². The van der Waals surface area contributed by atoms with Crippen molar-refractivity contribution in [2.45, 2.75) is 77.5 Å². The van der Waals surface area contributed by atoms with E-state index in [-0.39, 0.29) is 62.1 Å². The second-order valence-electron chi connectivity index (χ2n) is 12.0. The molecule has 5 heterocycles. The molecule has 2 aliphatic heterocycles. The Morgan fingerprint density at radius 1 is 1.24 bits per heavy atom. The fourth-order valence-electron chi connectivity index (χ4n) is 6.91. The summed E-state index contributed by atoms with van der Waals surface area (Å²) in [5.74, 6) is -1.42.